The summed E-state index contributed by atoms with van der Waals surface area (Å²) in [5, 5.41) is 0. The van der Waals surface area contributed by atoms with Gasteiger partial charge in [-0.1, -0.05) is 75.5 Å². The van der Waals surface area contributed by atoms with E-state index in [2.05, 4.69) is 13.8 Å². The van der Waals surface area contributed by atoms with Crippen molar-refractivity contribution in [3.8, 4) is 0 Å². The summed E-state index contributed by atoms with van der Waals surface area (Å²) in [4.78, 5) is 10.0. The van der Waals surface area contributed by atoms with Crippen LogP contribution in [0.3, 0.4) is 0 Å². The van der Waals surface area contributed by atoms with Crippen molar-refractivity contribution < 1.29 is 4.79 Å². The number of hydrogen-bond donors (Lipinski definition) is 0. The Morgan fingerprint density at radius 2 is 1.75 bits per heavy atom. The summed E-state index contributed by atoms with van der Waals surface area (Å²) in [5.41, 5.74) is 0.729. The molecule has 0 amide bonds. The maximum Gasteiger partial charge on any atom is 0.150 e. The summed E-state index contributed by atoms with van der Waals surface area (Å²) >= 11 is 0. The van der Waals surface area contributed by atoms with Gasteiger partial charge in [-0.2, -0.15) is 0 Å². The largest absolute Gasteiger partial charge is 0.298 e. The van der Waals surface area contributed by atoms with Gasteiger partial charge >= 0.3 is 0 Å². The third-order valence-corrected chi connectivity index (χ3v) is 3.27. The molecule has 0 unspecified atom stereocenters. The summed E-state index contributed by atoms with van der Waals surface area (Å²) in [7, 11) is 0. The number of benzene rings is 1. The lowest BCUT2D eigenvalue weighted by atomic mass is 9.42. The second-order valence-corrected chi connectivity index (χ2v) is 4.44. The van der Waals surface area contributed by atoms with E-state index < -0.39 is 0 Å². The van der Waals surface area contributed by atoms with Gasteiger partial charge in [0.05, 0.1) is 0 Å². The normalized spacial score (nSPS) is 13.6. The first-order valence-corrected chi connectivity index (χ1v) is 6.32. The van der Waals surface area contributed by atoms with E-state index >= 15 is 0 Å². The summed E-state index contributed by atoms with van der Waals surface area (Å²) < 4.78 is 0. The van der Waals surface area contributed by atoms with E-state index in [-0.39, 0.29) is 0 Å². The predicted molar refractivity (Wildman–Crippen MR) is 71.5 cm³/mol. The molecule has 86 valence electrons. The maximum atomic E-state index is 10.0. The Balaban J connectivity index is 0.000000160. The van der Waals surface area contributed by atoms with E-state index in [4.69, 9.17) is 0 Å². The van der Waals surface area contributed by atoms with E-state index in [1.165, 1.54) is 25.5 Å². The maximum absolute atomic E-state index is 10.0. The molecule has 0 aliphatic heterocycles. The summed E-state index contributed by atoms with van der Waals surface area (Å²) in [6, 6.07) is 9.10. The van der Waals surface area contributed by atoms with Crippen LogP contribution in [0.4, 0.5) is 0 Å². The van der Waals surface area contributed by atoms with Crippen molar-refractivity contribution in [1.82, 2.24) is 0 Å². The Morgan fingerprint density at radius 3 is 2.00 bits per heavy atom. The molecule has 1 aromatic rings. The predicted octanol–water partition coefficient (Wildman–Crippen LogP) is 4.18. The van der Waals surface area contributed by atoms with Gasteiger partial charge in [-0.05, 0) is 0 Å². The van der Waals surface area contributed by atoms with E-state index in [0.29, 0.717) is 0 Å². The first-order chi connectivity index (χ1) is 7.81. The zero-order valence-corrected chi connectivity index (χ0v) is 10.4. The smallest absolute Gasteiger partial charge is 0.150 e. The number of carbonyl (C=O) groups is 1. The lowest BCUT2D eigenvalue weighted by molar-refractivity contribution is 0.112. The molecular formula is C14H21BO. The van der Waals surface area contributed by atoms with Gasteiger partial charge in [-0.3, -0.25) is 4.79 Å². The fourth-order valence-electron chi connectivity index (χ4n) is 2.05. The number of hydrogen-bond acceptors (Lipinski definition) is 1. The molecule has 16 heavy (non-hydrogen) atoms. The molecule has 0 heterocycles. The van der Waals surface area contributed by atoms with Crippen LogP contribution in [0, 0.1) is 0 Å². The molecule has 2 rings (SSSR count). The molecule has 1 aliphatic rings. The van der Waals surface area contributed by atoms with Crippen molar-refractivity contribution in [2.24, 2.45) is 0 Å². The topological polar surface area (TPSA) is 17.1 Å². The van der Waals surface area contributed by atoms with Gasteiger partial charge in [-0.15, -0.1) is 0 Å². The molecule has 0 aromatic heterocycles. The number of rotatable bonds is 4. The fraction of sp³-hybridized carbons (Fsp3) is 0.500. The Hall–Kier alpha value is -1.05. The van der Waals surface area contributed by atoms with Gasteiger partial charge in [0.2, 0.25) is 0 Å². The Morgan fingerprint density at radius 1 is 1.19 bits per heavy atom. The molecule has 1 nitrogen and oxygen atoms in total. The zero-order chi connectivity index (χ0) is 11.8. The molecule has 1 saturated carbocycles. The van der Waals surface area contributed by atoms with Crippen molar-refractivity contribution in [3.63, 3.8) is 0 Å². The van der Waals surface area contributed by atoms with Gasteiger partial charge < -0.3 is 0 Å². The van der Waals surface area contributed by atoms with E-state index in [1.807, 2.05) is 18.2 Å². The number of aldehydes is 1. The van der Waals surface area contributed by atoms with Gasteiger partial charge in [0.25, 0.3) is 0 Å². The average molecular weight is 216 g/mol. The minimum absolute atomic E-state index is 0.729. The molecule has 0 bridgehead atoms. The van der Waals surface area contributed by atoms with Gasteiger partial charge in [0.15, 0.2) is 0 Å². The van der Waals surface area contributed by atoms with Crippen LogP contribution in [0.2, 0.25) is 18.5 Å². The third kappa shape index (κ3) is 4.65. The van der Waals surface area contributed by atoms with Crippen LogP contribution in [-0.4, -0.2) is 13.0 Å². The van der Waals surface area contributed by atoms with E-state index in [0.717, 1.165) is 24.4 Å². The summed E-state index contributed by atoms with van der Waals surface area (Å²) in [5.74, 6) is 1.13. The first kappa shape index (κ1) is 13.0. The highest BCUT2D eigenvalue weighted by molar-refractivity contribution is 6.61. The Kier molecular flexibility index (Phi) is 5.91. The fourth-order valence-corrected chi connectivity index (χ4v) is 2.05. The molecule has 0 saturated heterocycles. The summed E-state index contributed by atoms with van der Waals surface area (Å²) in [6.45, 7) is 5.69. The van der Waals surface area contributed by atoms with Gasteiger partial charge in [0, 0.05) is 5.56 Å². The van der Waals surface area contributed by atoms with Crippen molar-refractivity contribution >= 4 is 13.0 Å². The molecule has 0 atom stereocenters. The lowest BCUT2D eigenvalue weighted by Gasteiger charge is -2.02. The average Bonchev–Trinajstić information content (AvgIpc) is 3.17. The highest BCUT2D eigenvalue weighted by Gasteiger charge is 2.30. The van der Waals surface area contributed by atoms with Crippen molar-refractivity contribution in [2.45, 2.75) is 45.1 Å². The van der Waals surface area contributed by atoms with Crippen LogP contribution in [0.25, 0.3) is 0 Å². The van der Waals surface area contributed by atoms with E-state index in [1.54, 1.807) is 12.1 Å². The summed E-state index contributed by atoms with van der Waals surface area (Å²) in [6.07, 6.45) is 6.68. The molecule has 1 aliphatic carbocycles. The number of carbonyl (C=O) groups excluding carboxylic acids is 1. The molecule has 2 heteroatoms. The second-order valence-electron chi connectivity index (χ2n) is 4.44. The van der Waals surface area contributed by atoms with Gasteiger partial charge in [0.1, 0.15) is 13.0 Å². The second kappa shape index (κ2) is 7.26. The lowest BCUT2D eigenvalue weighted by Crippen LogP contribution is -2.07. The molecule has 1 fully saturated rings. The molecule has 1 aromatic carbocycles. The third-order valence-electron chi connectivity index (χ3n) is 3.27. The Labute approximate surface area is 99.3 Å². The van der Waals surface area contributed by atoms with Crippen LogP contribution < -0.4 is 0 Å². The molecule has 0 spiro atoms. The minimum atomic E-state index is 0.729. The van der Waals surface area contributed by atoms with Crippen LogP contribution in [0.1, 0.15) is 37.0 Å². The molecular weight excluding hydrogens is 195 g/mol. The van der Waals surface area contributed by atoms with Crippen molar-refractivity contribution in [2.75, 3.05) is 0 Å². The molecule has 0 radical (unpaired) electrons. The van der Waals surface area contributed by atoms with Crippen LogP contribution in [0.15, 0.2) is 30.3 Å². The SMILES string of the molecule is CCB(CC)C1CC1.O=Cc1ccccc1. The van der Waals surface area contributed by atoms with Gasteiger partial charge in [-0.25, -0.2) is 0 Å². The first-order valence-electron chi connectivity index (χ1n) is 6.32. The van der Waals surface area contributed by atoms with Crippen LogP contribution in [0.5, 0.6) is 0 Å². The van der Waals surface area contributed by atoms with Crippen molar-refractivity contribution in [3.05, 3.63) is 35.9 Å². The van der Waals surface area contributed by atoms with Crippen molar-refractivity contribution in [1.29, 1.82) is 0 Å². The zero-order valence-electron chi connectivity index (χ0n) is 10.4. The van der Waals surface area contributed by atoms with Crippen LogP contribution >= 0.6 is 0 Å². The molecule has 0 N–H and O–H groups in total. The highest BCUT2D eigenvalue weighted by Crippen LogP contribution is 2.41. The van der Waals surface area contributed by atoms with E-state index in [9.17, 15) is 4.79 Å². The monoisotopic (exact) mass is 216 g/mol. The Bertz CT molecular complexity index is 289. The van der Waals surface area contributed by atoms with Crippen LogP contribution in [-0.2, 0) is 0 Å². The highest BCUT2D eigenvalue weighted by atomic mass is 16.1. The standard InChI is InChI=1S/C7H15B.C7H6O/c1-3-8(4-2)7-5-6-7;8-6-7-4-2-1-3-5-7/h7H,3-6H2,1-2H3;1-6H. The quantitative estimate of drug-likeness (QED) is 0.544. The minimum Gasteiger partial charge on any atom is -0.298 e.